The van der Waals surface area contributed by atoms with Crippen molar-refractivity contribution in [2.45, 2.75) is 25.7 Å². The number of carbonyl (C=O) groups is 1. The Morgan fingerprint density at radius 1 is 0.875 bits per heavy atom. The van der Waals surface area contributed by atoms with Crippen molar-refractivity contribution in [3.63, 3.8) is 0 Å². The highest BCUT2D eigenvalue weighted by molar-refractivity contribution is 5.95. The highest BCUT2D eigenvalue weighted by Gasteiger charge is 2.33. The molecule has 0 fully saturated rings. The number of benzene rings is 3. The predicted octanol–water partition coefficient (Wildman–Crippen LogP) is 4.81. The Kier molecular flexibility index (Phi) is 9.44. The number of rotatable bonds is 13. The van der Waals surface area contributed by atoms with Crippen molar-refractivity contribution in [1.82, 2.24) is 5.32 Å². The van der Waals surface area contributed by atoms with E-state index in [2.05, 4.69) is 21.3 Å². The summed E-state index contributed by atoms with van der Waals surface area (Å²) < 4.78 is 28.7. The summed E-state index contributed by atoms with van der Waals surface area (Å²) in [4.78, 5) is 13.0. The molecule has 1 unspecified atom stereocenters. The molecule has 3 aromatic rings. The molecule has 0 aromatic heterocycles. The van der Waals surface area contributed by atoms with E-state index in [1.807, 2.05) is 51.5 Å². The Labute approximate surface area is 235 Å². The summed E-state index contributed by atoms with van der Waals surface area (Å²) in [7, 11) is 10.2. The molecule has 0 saturated heterocycles. The van der Waals surface area contributed by atoms with Crippen molar-refractivity contribution < 1.29 is 28.5 Å². The summed E-state index contributed by atoms with van der Waals surface area (Å²) in [6.45, 7) is 1.26. The van der Waals surface area contributed by atoms with Crippen molar-refractivity contribution in [3.05, 3.63) is 64.7 Å². The van der Waals surface area contributed by atoms with Crippen LogP contribution < -0.4 is 40.2 Å². The molecule has 1 atom stereocenters. The molecule has 0 bridgehead atoms. The molecule has 10 heteroatoms. The maximum absolute atomic E-state index is 13.0. The van der Waals surface area contributed by atoms with E-state index in [1.165, 1.54) is 21.3 Å². The van der Waals surface area contributed by atoms with Gasteiger partial charge in [0.1, 0.15) is 12.3 Å². The summed E-state index contributed by atoms with van der Waals surface area (Å²) in [6, 6.07) is 13.3. The van der Waals surface area contributed by atoms with Gasteiger partial charge in [-0.05, 0) is 24.1 Å². The number of amides is 1. The molecule has 40 heavy (non-hydrogen) atoms. The Hall–Kier alpha value is -4.31. The number of anilines is 3. The van der Waals surface area contributed by atoms with E-state index >= 15 is 0 Å². The second kappa shape index (κ2) is 13.2. The van der Waals surface area contributed by atoms with Crippen molar-refractivity contribution in [2.75, 3.05) is 65.0 Å². The van der Waals surface area contributed by atoms with Gasteiger partial charge >= 0.3 is 0 Å². The minimum atomic E-state index is -0.247. The van der Waals surface area contributed by atoms with Crippen LogP contribution in [0.25, 0.3) is 0 Å². The first-order valence-electron chi connectivity index (χ1n) is 13.1. The average molecular weight is 551 g/mol. The predicted molar refractivity (Wildman–Crippen MR) is 156 cm³/mol. The van der Waals surface area contributed by atoms with Gasteiger partial charge in [0.2, 0.25) is 5.75 Å². The second-order valence-corrected chi connectivity index (χ2v) is 9.13. The smallest absolute Gasteiger partial charge is 0.251 e. The number of methoxy groups -OCH3 is 3. The molecule has 4 rings (SSSR count). The topological polar surface area (TPSA) is 111 Å². The van der Waals surface area contributed by atoms with E-state index in [1.54, 1.807) is 12.1 Å². The van der Waals surface area contributed by atoms with E-state index in [0.717, 1.165) is 39.5 Å². The molecule has 1 aliphatic heterocycles. The minimum Gasteiger partial charge on any atom is -0.493 e. The lowest BCUT2D eigenvalue weighted by Crippen LogP contribution is -2.26. The fraction of sp³-hybridized carbons (Fsp3) is 0.367. The van der Waals surface area contributed by atoms with Gasteiger partial charge in [-0.3, -0.25) is 4.79 Å². The van der Waals surface area contributed by atoms with Gasteiger partial charge in [0, 0.05) is 44.4 Å². The van der Waals surface area contributed by atoms with Crippen LogP contribution in [0.4, 0.5) is 17.1 Å². The van der Waals surface area contributed by atoms with E-state index < -0.39 is 0 Å². The summed E-state index contributed by atoms with van der Waals surface area (Å²) in [5.41, 5.74) is 6.22. The summed E-state index contributed by atoms with van der Waals surface area (Å²) in [6.07, 6.45) is 0.356. The normalized spacial score (nSPS) is 13.7. The van der Waals surface area contributed by atoms with Crippen molar-refractivity contribution in [1.29, 1.82) is 0 Å². The minimum absolute atomic E-state index is 0.222. The zero-order valence-corrected chi connectivity index (χ0v) is 23.9. The molecule has 3 aromatic carbocycles. The van der Waals surface area contributed by atoms with Gasteiger partial charge in [-0.1, -0.05) is 30.3 Å². The van der Waals surface area contributed by atoms with Gasteiger partial charge < -0.3 is 45.0 Å². The van der Waals surface area contributed by atoms with Gasteiger partial charge in [-0.25, -0.2) is 0 Å². The van der Waals surface area contributed by atoms with Gasteiger partial charge in [-0.2, -0.15) is 0 Å². The van der Waals surface area contributed by atoms with Gasteiger partial charge in [0.25, 0.3) is 5.91 Å². The third-order valence-corrected chi connectivity index (χ3v) is 6.95. The molecule has 10 nitrogen and oxygen atoms in total. The molecular formula is C30H38N4O6. The Balaban J connectivity index is 1.54. The summed E-state index contributed by atoms with van der Waals surface area (Å²) in [5.74, 6) is 1.76. The molecule has 1 heterocycles. The zero-order chi connectivity index (χ0) is 28.6. The molecule has 1 aliphatic rings. The molecule has 1 amide bonds. The molecule has 0 aliphatic carbocycles. The molecule has 0 radical (unpaired) electrons. The Morgan fingerprint density at radius 2 is 1.52 bits per heavy atom. The lowest BCUT2D eigenvalue weighted by Gasteiger charge is -2.24. The number of carbonyl (C=O) groups excluding carboxylic acids is 1. The van der Waals surface area contributed by atoms with E-state index in [-0.39, 0.29) is 12.0 Å². The Morgan fingerprint density at radius 3 is 2.10 bits per heavy atom. The maximum Gasteiger partial charge on any atom is 0.251 e. The number of ether oxygens (including phenoxy) is 5. The molecule has 0 saturated carbocycles. The monoisotopic (exact) mass is 550 g/mol. The maximum atomic E-state index is 13.0. The first-order chi connectivity index (χ1) is 19.5. The van der Waals surface area contributed by atoms with Crippen LogP contribution in [0.5, 0.6) is 23.0 Å². The Bertz CT molecular complexity index is 1310. The van der Waals surface area contributed by atoms with Crippen molar-refractivity contribution in [2.24, 2.45) is 0 Å². The third kappa shape index (κ3) is 5.67. The average Bonchev–Trinajstić information content (AvgIpc) is 3.41. The molecular weight excluding hydrogens is 512 g/mol. The van der Waals surface area contributed by atoms with Crippen LogP contribution in [0.2, 0.25) is 0 Å². The van der Waals surface area contributed by atoms with Gasteiger partial charge in [0.15, 0.2) is 17.2 Å². The highest BCUT2D eigenvalue weighted by atomic mass is 16.5. The van der Waals surface area contributed by atoms with Crippen molar-refractivity contribution >= 4 is 23.0 Å². The van der Waals surface area contributed by atoms with Crippen LogP contribution >= 0.6 is 0 Å². The largest absolute Gasteiger partial charge is 0.493 e. The van der Waals surface area contributed by atoms with Gasteiger partial charge in [0.05, 0.1) is 45.4 Å². The van der Waals surface area contributed by atoms with Crippen LogP contribution in [0, 0.1) is 0 Å². The number of nitrogens with one attached hydrogen (secondary N) is 4. The van der Waals surface area contributed by atoms with E-state index in [0.29, 0.717) is 49.0 Å². The zero-order valence-electron chi connectivity index (χ0n) is 23.9. The van der Waals surface area contributed by atoms with E-state index in [9.17, 15) is 4.79 Å². The third-order valence-electron chi connectivity index (χ3n) is 6.95. The van der Waals surface area contributed by atoms with Crippen LogP contribution in [-0.2, 0) is 18.0 Å². The second-order valence-electron chi connectivity index (χ2n) is 9.13. The van der Waals surface area contributed by atoms with Crippen LogP contribution in [0.3, 0.4) is 0 Å². The number of fused-ring (bicyclic) bond motifs is 1. The fourth-order valence-corrected chi connectivity index (χ4v) is 5.06. The molecule has 0 spiro atoms. The highest BCUT2D eigenvalue weighted by Crippen LogP contribution is 2.52. The van der Waals surface area contributed by atoms with Crippen LogP contribution in [0.15, 0.2) is 42.5 Å². The summed E-state index contributed by atoms with van der Waals surface area (Å²) >= 11 is 0. The first-order valence-corrected chi connectivity index (χ1v) is 13.1. The lowest BCUT2D eigenvalue weighted by molar-refractivity contribution is 0.0598. The molecule has 4 N–H and O–H groups in total. The fourth-order valence-electron chi connectivity index (χ4n) is 5.06. The lowest BCUT2D eigenvalue weighted by atomic mass is 9.96. The first kappa shape index (κ1) is 28.7. The van der Waals surface area contributed by atoms with Gasteiger partial charge in [-0.15, -0.1) is 0 Å². The quantitative estimate of drug-likeness (QED) is 0.238. The number of hydrogen-bond donors (Lipinski definition) is 4. The SMILES string of the molecule is CNc1c2c(c(NC)c(NC)c1OCc1ccccc1)C(CCNC(=O)c1cc(OC)c(OC)c(OC)c1)OC2. The van der Waals surface area contributed by atoms with E-state index in [4.69, 9.17) is 23.7 Å². The van der Waals surface area contributed by atoms with Crippen LogP contribution in [-0.4, -0.2) is 54.9 Å². The van der Waals surface area contributed by atoms with Crippen LogP contribution in [0.1, 0.15) is 39.6 Å². The number of hydrogen-bond acceptors (Lipinski definition) is 9. The van der Waals surface area contributed by atoms with Crippen molar-refractivity contribution in [3.8, 4) is 23.0 Å². The summed E-state index contributed by atoms with van der Waals surface area (Å²) in [5, 5.41) is 13.0. The standard InChI is InChI=1S/C30H38N4O6/c1-31-25-20-17-39-21(12-13-34-30(35)19-14-22(36-4)28(38-6)23(15-19)37-5)24(20)26(32-2)27(33-3)29(25)40-16-18-10-8-7-9-11-18/h7-11,14-15,21,31-33H,12-13,16-17H2,1-6H3,(H,34,35). The molecule has 214 valence electrons.